The Hall–Kier alpha value is -1.07. The molecule has 2 heterocycles. The van der Waals surface area contributed by atoms with Crippen LogP contribution in [0.5, 0.6) is 0 Å². The van der Waals surface area contributed by atoms with E-state index in [0.29, 0.717) is 4.88 Å². The highest BCUT2D eigenvalue weighted by atomic mass is 32.1. The molecule has 94 valence electrons. The number of rotatable bonds is 2. The molecule has 1 fully saturated rings. The molecular formula is C12H17NO3S. The molecule has 1 unspecified atom stereocenters. The summed E-state index contributed by atoms with van der Waals surface area (Å²) in [4.78, 5) is 13.4. The van der Waals surface area contributed by atoms with Crippen molar-refractivity contribution in [3.8, 4) is 0 Å². The summed E-state index contributed by atoms with van der Waals surface area (Å²) < 4.78 is 5.83. The van der Waals surface area contributed by atoms with Gasteiger partial charge in [-0.05, 0) is 26.8 Å². The van der Waals surface area contributed by atoms with Crippen LogP contribution < -0.4 is 4.90 Å². The van der Waals surface area contributed by atoms with E-state index in [9.17, 15) is 4.79 Å². The molecule has 0 saturated carbocycles. The number of hydrogen-bond acceptors (Lipinski definition) is 4. The van der Waals surface area contributed by atoms with Crippen molar-refractivity contribution >= 4 is 23.0 Å². The highest BCUT2D eigenvalue weighted by Crippen LogP contribution is 2.29. The van der Waals surface area contributed by atoms with Gasteiger partial charge >= 0.3 is 5.97 Å². The summed E-state index contributed by atoms with van der Waals surface area (Å²) in [5.41, 5.74) is 0.791. The maximum atomic E-state index is 10.9. The molecule has 0 spiro atoms. The summed E-state index contributed by atoms with van der Waals surface area (Å²) >= 11 is 1.27. The third-order valence-electron chi connectivity index (χ3n) is 2.73. The lowest BCUT2D eigenvalue weighted by Gasteiger charge is -2.42. The van der Waals surface area contributed by atoms with E-state index in [4.69, 9.17) is 9.84 Å². The van der Waals surface area contributed by atoms with Crippen molar-refractivity contribution in [3.63, 3.8) is 0 Å². The van der Waals surface area contributed by atoms with Crippen molar-refractivity contribution in [1.29, 1.82) is 0 Å². The van der Waals surface area contributed by atoms with Gasteiger partial charge in [0.05, 0.1) is 11.7 Å². The van der Waals surface area contributed by atoms with Gasteiger partial charge in [-0.1, -0.05) is 0 Å². The molecule has 0 aliphatic carbocycles. The lowest BCUT2D eigenvalue weighted by molar-refractivity contribution is -0.0749. The van der Waals surface area contributed by atoms with Gasteiger partial charge in [0.25, 0.3) is 0 Å². The number of aromatic carboxylic acids is 1. The Morgan fingerprint density at radius 2 is 2.35 bits per heavy atom. The second-order valence-corrected chi connectivity index (χ2v) is 5.95. The molecule has 17 heavy (non-hydrogen) atoms. The highest BCUT2D eigenvalue weighted by Gasteiger charge is 2.31. The number of morpholine rings is 1. The molecule has 0 aromatic carbocycles. The molecule has 1 N–H and O–H groups in total. The first-order valence-corrected chi connectivity index (χ1v) is 6.50. The minimum absolute atomic E-state index is 0.159. The van der Waals surface area contributed by atoms with Gasteiger partial charge in [0.1, 0.15) is 4.88 Å². The number of thiophene rings is 1. The quantitative estimate of drug-likeness (QED) is 0.882. The molecule has 1 aromatic rings. The molecule has 5 heteroatoms. The van der Waals surface area contributed by atoms with Gasteiger partial charge in [0, 0.05) is 24.2 Å². The molecule has 1 aromatic heterocycles. The van der Waals surface area contributed by atoms with E-state index in [1.807, 2.05) is 12.3 Å². The summed E-state index contributed by atoms with van der Waals surface area (Å²) in [6, 6.07) is 1.74. The number of nitrogens with zero attached hydrogens (tertiary/aromatic N) is 1. The Labute approximate surface area is 105 Å². The topological polar surface area (TPSA) is 49.8 Å². The maximum absolute atomic E-state index is 10.9. The second-order valence-electron chi connectivity index (χ2n) is 5.04. The van der Waals surface area contributed by atoms with E-state index in [2.05, 4.69) is 18.7 Å². The average Bonchev–Trinajstić information content (AvgIpc) is 2.62. The number of carbonyl (C=O) groups is 1. The smallest absolute Gasteiger partial charge is 0.345 e. The summed E-state index contributed by atoms with van der Waals surface area (Å²) in [6.45, 7) is 7.74. The van der Waals surface area contributed by atoms with E-state index in [0.717, 1.165) is 18.8 Å². The number of carboxylic acid groups (broad SMARTS) is 1. The average molecular weight is 255 g/mol. The molecular weight excluding hydrogens is 238 g/mol. The van der Waals surface area contributed by atoms with Gasteiger partial charge in [-0.2, -0.15) is 0 Å². The third kappa shape index (κ3) is 2.79. The van der Waals surface area contributed by atoms with Crippen molar-refractivity contribution in [2.45, 2.75) is 32.5 Å². The summed E-state index contributed by atoms with van der Waals surface area (Å²) in [6.07, 6.45) is 0.159. The van der Waals surface area contributed by atoms with Gasteiger partial charge in [-0.25, -0.2) is 4.79 Å². The van der Waals surface area contributed by atoms with Crippen molar-refractivity contribution in [1.82, 2.24) is 0 Å². The van der Waals surface area contributed by atoms with Gasteiger partial charge in [-0.15, -0.1) is 11.3 Å². The maximum Gasteiger partial charge on any atom is 0.345 e. The number of carboxylic acids is 1. The molecule has 0 radical (unpaired) electrons. The zero-order valence-corrected chi connectivity index (χ0v) is 11.1. The molecule has 1 aliphatic rings. The largest absolute Gasteiger partial charge is 0.477 e. The lowest BCUT2D eigenvalue weighted by Crippen LogP contribution is -2.51. The lowest BCUT2D eigenvalue weighted by atomic mass is 10.1. The standard InChI is InChI=1S/C12H17NO3S/c1-8-5-13(7-12(2,3)16-8)9-4-10(11(14)15)17-6-9/h4,6,8H,5,7H2,1-3H3,(H,14,15). The Morgan fingerprint density at radius 1 is 1.65 bits per heavy atom. The Bertz CT molecular complexity index is 427. The van der Waals surface area contributed by atoms with E-state index in [-0.39, 0.29) is 11.7 Å². The van der Waals surface area contributed by atoms with E-state index >= 15 is 0 Å². The van der Waals surface area contributed by atoms with Crippen LogP contribution in [-0.4, -0.2) is 35.9 Å². The second kappa shape index (κ2) is 4.31. The van der Waals surface area contributed by atoms with Crippen LogP contribution in [0.2, 0.25) is 0 Å². The van der Waals surface area contributed by atoms with Crippen molar-refractivity contribution in [3.05, 3.63) is 16.3 Å². The third-order valence-corrected chi connectivity index (χ3v) is 3.64. The predicted molar refractivity (Wildman–Crippen MR) is 68.1 cm³/mol. The van der Waals surface area contributed by atoms with Crippen molar-refractivity contribution in [2.75, 3.05) is 18.0 Å². The number of ether oxygens (including phenoxy) is 1. The molecule has 0 amide bonds. The molecule has 1 aliphatic heterocycles. The summed E-state index contributed by atoms with van der Waals surface area (Å²) in [7, 11) is 0. The van der Waals surface area contributed by atoms with Gasteiger partial charge < -0.3 is 14.7 Å². The predicted octanol–water partition coefficient (Wildman–Crippen LogP) is 2.45. The fourth-order valence-corrected chi connectivity index (χ4v) is 3.01. The fraction of sp³-hybridized carbons (Fsp3) is 0.583. The Morgan fingerprint density at radius 3 is 2.88 bits per heavy atom. The van der Waals surface area contributed by atoms with E-state index in [1.165, 1.54) is 11.3 Å². The van der Waals surface area contributed by atoms with Crippen LogP contribution in [0.3, 0.4) is 0 Å². The van der Waals surface area contributed by atoms with Gasteiger partial charge in [-0.3, -0.25) is 0 Å². The summed E-state index contributed by atoms with van der Waals surface area (Å²) in [5.74, 6) is -0.859. The molecule has 1 atom stereocenters. The van der Waals surface area contributed by atoms with Crippen molar-refractivity contribution < 1.29 is 14.6 Å². The molecule has 2 rings (SSSR count). The first-order valence-electron chi connectivity index (χ1n) is 5.62. The van der Waals surface area contributed by atoms with Gasteiger partial charge in [0.2, 0.25) is 0 Å². The highest BCUT2D eigenvalue weighted by molar-refractivity contribution is 7.12. The van der Waals surface area contributed by atoms with E-state index in [1.54, 1.807) is 6.07 Å². The van der Waals surface area contributed by atoms with Crippen molar-refractivity contribution in [2.24, 2.45) is 0 Å². The molecule has 0 bridgehead atoms. The molecule has 1 saturated heterocycles. The SMILES string of the molecule is CC1CN(c2csc(C(=O)O)c2)CC(C)(C)O1. The number of anilines is 1. The first kappa shape index (κ1) is 12.4. The van der Waals surface area contributed by atoms with Crippen LogP contribution >= 0.6 is 11.3 Å². The van der Waals surface area contributed by atoms with Gasteiger partial charge in [0.15, 0.2) is 0 Å². The summed E-state index contributed by atoms with van der Waals surface area (Å²) in [5, 5.41) is 10.8. The van der Waals surface area contributed by atoms with Crippen LogP contribution in [0.15, 0.2) is 11.4 Å². The number of hydrogen-bond donors (Lipinski definition) is 1. The van der Waals surface area contributed by atoms with Crippen LogP contribution in [-0.2, 0) is 4.74 Å². The van der Waals surface area contributed by atoms with Crippen LogP contribution in [0.25, 0.3) is 0 Å². The van der Waals surface area contributed by atoms with Crippen LogP contribution in [0, 0.1) is 0 Å². The van der Waals surface area contributed by atoms with E-state index < -0.39 is 5.97 Å². The zero-order valence-electron chi connectivity index (χ0n) is 10.3. The first-order chi connectivity index (χ1) is 7.87. The minimum atomic E-state index is -0.859. The monoisotopic (exact) mass is 255 g/mol. The zero-order chi connectivity index (χ0) is 12.6. The minimum Gasteiger partial charge on any atom is -0.477 e. The van der Waals surface area contributed by atoms with Crippen LogP contribution in [0.4, 0.5) is 5.69 Å². The normalized spacial score (nSPS) is 23.7. The van der Waals surface area contributed by atoms with Crippen LogP contribution in [0.1, 0.15) is 30.4 Å². The fourth-order valence-electron chi connectivity index (χ4n) is 2.25. The Balaban J connectivity index is 2.18. The molecule has 4 nitrogen and oxygen atoms in total. The Kier molecular flexibility index (Phi) is 3.14.